The van der Waals surface area contributed by atoms with E-state index in [0.29, 0.717) is 22.1 Å². The van der Waals surface area contributed by atoms with E-state index in [1.807, 2.05) is 56.0 Å². The highest BCUT2D eigenvalue weighted by molar-refractivity contribution is 7.71. The lowest BCUT2D eigenvalue weighted by atomic mass is 10.0. The van der Waals surface area contributed by atoms with Gasteiger partial charge < -0.3 is 9.47 Å². The summed E-state index contributed by atoms with van der Waals surface area (Å²) >= 11 is 5.57. The molecule has 0 radical (unpaired) electrons. The van der Waals surface area contributed by atoms with Crippen molar-refractivity contribution in [2.75, 3.05) is 6.54 Å². The average molecular weight is 370 g/mol. The lowest BCUT2D eigenvalue weighted by Crippen LogP contribution is -2.42. The van der Waals surface area contributed by atoms with Gasteiger partial charge in [-0.2, -0.15) is 0 Å². The first-order chi connectivity index (χ1) is 12.5. The fourth-order valence-corrected chi connectivity index (χ4v) is 3.62. The smallest absolute Gasteiger partial charge is 0.274 e. The molecule has 0 spiro atoms. The standard InChI is InChI=1S/C19H22N4O2S/c1-4-22(12(2)3)18(25)16(13-8-6-5-7-9-13)23-11-10-14-15(19(23)26)17(24)21-20-14/h5-12,16H,4H2,1-3H3,(H2,20,21,24). The molecule has 1 atom stereocenters. The zero-order chi connectivity index (χ0) is 18.8. The first kappa shape index (κ1) is 18.1. The summed E-state index contributed by atoms with van der Waals surface area (Å²) in [6, 6.07) is 10.7. The number of nitrogens with one attached hydrogen (secondary N) is 2. The van der Waals surface area contributed by atoms with E-state index in [0.717, 1.165) is 5.56 Å². The summed E-state index contributed by atoms with van der Waals surface area (Å²) in [6.45, 7) is 6.53. The Morgan fingerprint density at radius 3 is 2.50 bits per heavy atom. The molecule has 3 aromatic rings. The second-order valence-electron chi connectivity index (χ2n) is 6.43. The van der Waals surface area contributed by atoms with Crippen molar-refractivity contribution < 1.29 is 4.79 Å². The van der Waals surface area contributed by atoms with Gasteiger partial charge in [-0.1, -0.05) is 42.5 Å². The van der Waals surface area contributed by atoms with Gasteiger partial charge in [0.2, 0.25) is 0 Å². The largest absolute Gasteiger partial charge is 0.338 e. The predicted octanol–water partition coefficient (Wildman–Crippen LogP) is 3.23. The number of H-pyrrole nitrogens is 2. The van der Waals surface area contributed by atoms with Gasteiger partial charge in [-0.15, -0.1) is 0 Å². The van der Waals surface area contributed by atoms with Crippen molar-refractivity contribution in [2.24, 2.45) is 0 Å². The minimum Gasteiger partial charge on any atom is -0.338 e. The number of benzene rings is 1. The van der Waals surface area contributed by atoms with Crippen LogP contribution in [0, 0.1) is 4.64 Å². The minimum absolute atomic E-state index is 0.0453. The van der Waals surface area contributed by atoms with Gasteiger partial charge in [-0.3, -0.25) is 19.8 Å². The van der Waals surface area contributed by atoms with E-state index in [2.05, 4.69) is 10.2 Å². The molecule has 2 aromatic heterocycles. The third-order valence-electron chi connectivity index (χ3n) is 4.53. The van der Waals surface area contributed by atoms with Gasteiger partial charge in [0.25, 0.3) is 11.5 Å². The molecule has 3 rings (SSSR count). The van der Waals surface area contributed by atoms with Gasteiger partial charge in [-0.05, 0) is 32.4 Å². The maximum absolute atomic E-state index is 13.4. The van der Waals surface area contributed by atoms with Crippen molar-refractivity contribution in [3.05, 3.63) is 63.2 Å². The number of likely N-dealkylation sites (N-methyl/N-ethyl adjacent to an activating group) is 1. The van der Waals surface area contributed by atoms with Crippen LogP contribution in [0.15, 0.2) is 47.4 Å². The van der Waals surface area contributed by atoms with Crippen LogP contribution in [0.5, 0.6) is 0 Å². The van der Waals surface area contributed by atoms with Crippen LogP contribution in [-0.2, 0) is 4.79 Å². The van der Waals surface area contributed by atoms with Gasteiger partial charge in [-0.25, -0.2) is 0 Å². The summed E-state index contributed by atoms with van der Waals surface area (Å²) in [4.78, 5) is 27.3. The topological polar surface area (TPSA) is 73.9 Å². The summed E-state index contributed by atoms with van der Waals surface area (Å²) in [5.41, 5.74) is 1.18. The number of carbonyl (C=O) groups is 1. The van der Waals surface area contributed by atoms with Crippen molar-refractivity contribution >= 4 is 29.0 Å². The Morgan fingerprint density at radius 1 is 1.19 bits per heavy atom. The average Bonchev–Trinajstić information content (AvgIpc) is 3.00. The van der Waals surface area contributed by atoms with Crippen molar-refractivity contribution in [2.45, 2.75) is 32.9 Å². The van der Waals surface area contributed by atoms with Gasteiger partial charge in [0.1, 0.15) is 16.1 Å². The van der Waals surface area contributed by atoms with Crippen LogP contribution in [0.25, 0.3) is 10.9 Å². The van der Waals surface area contributed by atoms with Crippen molar-refractivity contribution in [3.8, 4) is 0 Å². The first-order valence-corrected chi connectivity index (χ1v) is 9.03. The lowest BCUT2D eigenvalue weighted by Gasteiger charge is -2.31. The SMILES string of the molecule is CCN(C(=O)C(c1ccccc1)n1ccc2[nH][nH]c(=O)c2c1=S)C(C)C. The number of hydrogen-bond acceptors (Lipinski definition) is 3. The zero-order valence-corrected chi connectivity index (χ0v) is 15.8. The van der Waals surface area contributed by atoms with Gasteiger partial charge in [0, 0.05) is 18.8 Å². The Balaban J connectivity index is 2.24. The molecule has 26 heavy (non-hydrogen) atoms. The quantitative estimate of drug-likeness (QED) is 0.677. The number of nitrogens with zero attached hydrogens (tertiary/aromatic N) is 2. The molecule has 0 saturated carbocycles. The summed E-state index contributed by atoms with van der Waals surface area (Å²) in [6.07, 6.45) is 1.76. The van der Waals surface area contributed by atoms with Crippen LogP contribution in [0.4, 0.5) is 0 Å². The van der Waals surface area contributed by atoms with E-state index in [1.165, 1.54) is 0 Å². The van der Waals surface area contributed by atoms with E-state index < -0.39 is 6.04 Å². The van der Waals surface area contributed by atoms with Crippen LogP contribution in [-0.4, -0.2) is 38.2 Å². The van der Waals surface area contributed by atoms with E-state index in [1.54, 1.807) is 16.8 Å². The summed E-state index contributed by atoms with van der Waals surface area (Å²) in [7, 11) is 0. The van der Waals surface area contributed by atoms with Crippen LogP contribution >= 0.6 is 12.2 Å². The molecular formula is C19H22N4O2S. The van der Waals surface area contributed by atoms with Crippen LogP contribution in [0.2, 0.25) is 0 Å². The molecule has 1 aromatic carbocycles. The molecular weight excluding hydrogens is 348 g/mol. The molecule has 1 unspecified atom stereocenters. The third kappa shape index (κ3) is 3.10. The number of aromatic amines is 2. The molecule has 0 aliphatic carbocycles. The molecule has 0 aliphatic heterocycles. The number of aromatic nitrogens is 3. The van der Waals surface area contributed by atoms with Crippen LogP contribution < -0.4 is 5.56 Å². The summed E-state index contributed by atoms with van der Waals surface area (Å²) < 4.78 is 2.05. The van der Waals surface area contributed by atoms with Crippen molar-refractivity contribution in [1.82, 2.24) is 19.7 Å². The van der Waals surface area contributed by atoms with Crippen molar-refractivity contribution in [3.63, 3.8) is 0 Å². The fraction of sp³-hybridized carbons (Fsp3) is 0.316. The molecule has 0 fully saturated rings. The Hall–Kier alpha value is -2.67. The molecule has 0 saturated heterocycles. The van der Waals surface area contributed by atoms with E-state index in [9.17, 15) is 9.59 Å². The Bertz CT molecular complexity index is 1030. The molecule has 2 N–H and O–H groups in total. The molecule has 0 bridgehead atoms. The number of rotatable bonds is 5. The van der Waals surface area contributed by atoms with Gasteiger partial charge in [0.05, 0.1) is 5.52 Å². The monoisotopic (exact) mass is 370 g/mol. The molecule has 7 heteroatoms. The maximum Gasteiger partial charge on any atom is 0.274 e. The normalized spacial score (nSPS) is 12.5. The highest BCUT2D eigenvalue weighted by Crippen LogP contribution is 2.24. The van der Waals surface area contributed by atoms with Crippen LogP contribution in [0.3, 0.4) is 0 Å². The van der Waals surface area contributed by atoms with Gasteiger partial charge in [0.15, 0.2) is 0 Å². The van der Waals surface area contributed by atoms with Gasteiger partial charge >= 0.3 is 0 Å². The molecule has 136 valence electrons. The Kier molecular flexibility index (Phi) is 5.08. The van der Waals surface area contributed by atoms with E-state index in [-0.39, 0.29) is 17.5 Å². The summed E-state index contributed by atoms with van der Waals surface area (Å²) in [5.74, 6) is -0.0453. The first-order valence-electron chi connectivity index (χ1n) is 8.62. The molecule has 0 aliphatic rings. The van der Waals surface area contributed by atoms with E-state index >= 15 is 0 Å². The second kappa shape index (κ2) is 7.29. The number of carbonyl (C=O) groups excluding carboxylic acids is 1. The third-order valence-corrected chi connectivity index (χ3v) is 4.95. The number of pyridine rings is 1. The molecule has 1 amide bonds. The second-order valence-corrected chi connectivity index (χ2v) is 6.81. The fourth-order valence-electron chi connectivity index (χ4n) is 3.25. The maximum atomic E-state index is 13.4. The Labute approximate surface area is 156 Å². The number of fused-ring (bicyclic) bond motifs is 1. The molecule has 2 heterocycles. The van der Waals surface area contributed by atoms with Crippen LogP contribution in [0.1, 0.15) is 32.4 Å². The summed E-state index contributed by atoms with van der Waals surface area (Å²) in [5, 5.41) is 5.74. The van der Waals surface area contributed by atoms with E-state index in [4.69, 9.17) is 12.2 Å². The predicted molar refractivity (Wildman–Crippen MR) is 105 cm³/mol. The minimum atomic E-state index is -0.621. The number of amides is 1. The zero-order valence-electron chi connectivity index (χ0n) is 15.0. The Morgan fingerprint density at radius 2 is 1.88 bits per heavy atom. The highest BCUT2D eigenvalue weighted by Gasteiger charge is 2.28. The molecule has 6 nitrogen and oxygen atoms in total. The van der Waals surface area contributed by atoms with Crippen molar-refractivity contribution in [1.29, 1.82) is 0 Å². The number of hydrogen-bond donors (Lipinski definition) is 2. The lowest BCUT2D eigenvalue weighted by molar-refractivity contribution is -0.135. The highest BCUT2D eigenvalue weighted by atomic mass is 32.1.